The highest BCUT2D eigenvalue weighted by molar-refractivity contribution is 5.80. The average Bonchev–Trinajstić information content (AvgIpc) is 2.80. The zero-order chi connectivity index (χ0) is 12.4. The third-order valence-electron chi connectivity index (χ3n) is 2.81. The lowest BCUT2D eigenvalue weighted by Crippen LogP contribution is -2.02. The molecule has 0 bridgehead atoms. The smallest absolute Gasteiger partial charge is 0.160 e. The molecular formula is C14H11N3O. The summed E-state index contributed by atoms with van der Waals surface area (Å²) >= 11 is 0. The van der Waals surface area contributed by atoms with Gasteiger partial charge in [0.2, 0.25) is 0 Å². The number of fused-ring (bicyclic) bond motifs is 1. The van der Waals surface area contributed by atoms with E-state index in [0.29, 0.717) is 0 Å². The quantitative estimate of drug-likeness (QED) is 0.657. The van der Waals surface area contributed by atoms with Gasteiger partial charge in [0, 0.05) is 6.20 Å². The Bertz CT molecular complexity index is 689. The van der Waals surface area contributed by atoms with E-state index in [4.69, 9.17) is 0 Å². The van der Waals surface area contributed by atoms with Crippen molar-refractivity contribution in [1.82, 2.24) is 14.5 Å². The number of hydrogen-bond donors (Lipinski definition) is 0. The van der Waals surface area contributed by atoms with E-state index < -0.39 is 0 Å². The minimum Gasteiger partial charge on any atom is -0.315 e. The van der Waals surface area contributed by atoms with Gasteiger partial charge in [-0.05, 0) is 24.3 Å². The van der Waals surface area contributed by atoms with Crippen molar-refractivity contribution in [3.05, 3.63) is 48.7 Å². The van der Waals surface area contributed by atoms with E-state index >= 15 is 0 Å². The molecule has 1 aromatic carbocycles. The van der Waals surface area contributed by atoms with E-state index in [-0.39, 0.29) is 6.54 Å². The van der Waals surface area contributed by atoms with Gasteiger partial charge in [0.15, 0.2) is 5.82 Å². The van der Waals surface area contributed by atoms with E-state index in [1.807, 2.05) is 47.0 Å². The van der Waals surface area contributed by atoms with Gasteiger partial charge in [0.05, 0.1) is 17.6 Å². The first-order valence-electron chi connectivity index (χ1n) is 5.70. The third-order valence-corrected chi connectivity index (χ3v) is 2.81. The molecule has 0 saturated carbocycles. The van der Waals surface area contributed by atoms with Gasteiger partial charge < -0.3 is 9.36 Å². The monoisotopic (exact) mass is 237 g/mol. The van der Waals surface area contributed by atoms with Gasteiger partial charge >= 0.3 is 0 Å². The van der Waals surface area contributed by atoms with Crippen LogP contribution in [0.5, 0.6) is 0 Å². The van der Waals surface area contributed by atoms with Crippen LogP contribution >= 0.6 is 0 Å². The van der Waals surface area contributed by atoms with Crippen LogP contribution in [0, 0.1) is 0 Å². The van der Waals surface area contributed by atoms with Crippen molar-refractivity contribution in [1.29, 1.82) is 0 Å². The van der Waals surface area contributed by atoms with Crippen LogP contribution in [0.1, 0.15) is 0 Å². The highest BCUT2D eigenvalue weighted by Crippen LogP contribution is 2.22. The van der Waals surface area contributed by atoms with Crippen molar-refractivity contribution in [3.63, 3.8) is 0 Å². The van der Waals surface area contributed by atoms with Crippen molar-refractivity contribution in [3.8, 4) is 11.5 Å². The maximum atomic E-state index is 10.8. The third kappa shape index (κ3) is 1.68. The first-order valence-corrected chi connectivity index (χ1v) is 5.70. The number of benzene rings is 1. The van der Waals surface area contributed by atoms with Crippen LogP contribution in [0.4, 0.5) is 0 Å². The second-order valence-corrected chi connectivity index (χ2v) is 3.92. The molecule has 0 aliphatic carbocycles. The zero-order valence-corrected chi connectivity index (χ0v) is 9.65. The van der Waals surface area contributed by atoms with Crippen molar-refractivity contribution in [2.45, 2.75) is 6.54 Å². The minimum absolute atomic E-state index is 0.284. The van der Waals surface area contributed by atoms with Gasteiger partial charge in [-0.15, -0.1) is 0 Å². The molecule has 4 heteroatoms. The molecule has 18 heavy (non-hydrogen) atoms. The number of carbonyl (C=O) groups is 1. The molecule has 3 rings (SSSR count). The normalized spacial score (nSPS) is 10.7. The Kier molecular flexibility index (Phi) is 2.61. The second-order valence-electron chi connectivity index (χ2n) is 3.92. The molecule has 0 N–H and O–H groups in total. The Morgan fingerprint density at radius 3 is 2.72 bits per heavy atom. The lowest BCUT2D eigenvalue weighted by Gasteiger charge is -2.03. The highest BCUT2D eigenvalue weighted by atomic mass is 16.1. The number of imidazole rings is 1. The summed E-state index contributed by atoms with van der Waals surface area (Å²) in [5, 5.41) is 0. The second kappa shape index (κ2) is 4.41. The molecule has 0 radical (unpaired) electrons. The van der Waals surface area contributed by atoms with Crippen molar-refractivity contribution >= 4 is 17.3 Å². The predicted molar refractivity (Wildman–Crippen MR) is 69.0 cm³/mol. The molecule has 0 saturated heterocycles. The van der Waals surface area contributed by atoms with Crippen LogP contribution < -0.4 is 0 Å². The fourth-order valence-corrected chi connectivity index (χ4v) is 2.03. The number of aldehydes is 1. The Labute approximate surface area is 104 Å². The molecule has 0 amide bonds. The first-order chi connectivity index (χ1) is 8.90. The average molecular weight is 237 g/mol. The van der Waals surface area contributed by atoms with Crippen LogP contribution in [0.25, 0.3) is 22.6 Å². The molecule has 2 aromatic heterocycles. The Morgan fingerprint density at radius 1 is 1.11 bits per heavy atom. The van der Waals surface area contributed by atoms with E-state index in [1.54, 1.807) is 6.20 Å². The van der Waals surface area contributed by atoms with Gasteiger partial charge in [-0.25, -0.2) is 4.98 Å². The molecule has 0 spiro atoms. The number of aromatic nitrogens is 3. The molecule has 0 fully saturated rings. The Morgan fingerprint density at radius 2 is 1.94 bits per heavy atom. The minimum atomic E-state index is 0.284. The molecule has 0 atom stereocenters. The fourth-order valence-electron chi connectivity index (χ4n) is 2.03. The number of para-hydroxylation sites is 2. The van der Waals surface area contributed by atoms with Crippen LogP contribution in [0.15, 0.2) is 48.7 Å². The number of pyridine rings is 1. The number of hydrogen-bond acceptors (Lipinski definition) is 3. The summed E-state index contributed by atoms with van der Waals surface area (Å²) in [6.45, 7) is 0.284. The molecule has 3 aromatic rings. The van der Waals surface area contributed by atoms with Crippen molar-refractivity contribution < 1.29 is 4.79 Å². The van der Waals surface area contributed by atoms with Crippen LogP contribution in [0.3, 0.4) is 0 Å². The van der Waals surface area contributed by atoms with Gasteiger partial charge in [0.25, 0.3) is 0 Å². The molecule has 0 aliphatic rings. The van der Waals surface area contributed by atoms with Gasteiger partial charge in [-0.1, -0.05) is 18.2 Å². The number of rotatable bonds is 3. The molecule has 4 nitrogen and oxygen atoms in total. The van der Waals surface area contributed by atoms with E-state index in [0.717, 1.165) is 28.8 Å². The summed E-state index contributed by atoms with van der Waals surface area (Å²) in [6.07, 6.45) is 2.60. The number of carbonyl (C=O) groups excluding carboxylic acids is 1. The predicted octanol–water partition coefficient (Wildman–Crippen LogP) is 2.30. The number of nitrogens with zero attached hydrogens (tertiary/aromatic N) is 3. The van der Waals surface area contributed by atoms with Gasteiger partial charge in [-0.2, -0.15) is 0 Å². The SMILES string of the molecule is O=CCn1c(-c2ccccn2)nc2ccccc21. The maximum Gasteiger partial charge on any atom is 0.160 e. The summed E-state index contributed by atoms with van der Waals surface area (Å²) < 4.78 is 1.88. The van der Waals surface area contributed by atoms with Crippen LogP contribution in [-0.4, -0.2) is 20.8 Å². The van der Waals surface area contributed by atoms with Crippen molar-refractivity contribution in [2.75, 3.05) is 0 Å². The summed E-state index contributed by atoms with van der Waals surface area (Å²) in [5.74, 6) is 0.726. The first kappa shape index (κ1) is 10.7. The molecule has 2 heterocycles. The molecular weight excluding hydrogens is 226 g/mol. The lowest BCUT2D eigenvalue weighted by molar-refractivity contribution is -0.108. The highest BCUT2D eigenvalue weighted by Gasteiger charge is 2.12. The van der Waals surface area contributed by atoms with E-state index in [1.165, 1.54) is 0 Å². The summed E-state index contributed by atoms with van der Waals surface area (Å²) in [5.41, 5.74) is 2.60. The largest absolute Gasteiger partial charge is 0.315 e. The fraction of sp³-hybridized carbons (Fsp3) is 0.0714. The summed E-state index contributed by atoms with van der Waals surface area (Å²) in [6, 6.07) is 13.4. The van der Waals surface area contributed by atoms with Crippen molar-refractivity contribution in [2.24, 2.45) is 0 Å². The Hall–Kier alpha value is -2.49. The van der Waals surface area contributed by atoms with E-state index in [2.05, 4.69) is 9.97 Å². The van der Waals surface area contributed by atoms with Gasteiger partial charge in [-0.3, -0.25) is 4.98 Å². The zero-order valence-electron chi connectivity index (χ0n) is 9.65. The topological polar surface area (TPSA) is 47.8 Å². The summed E-state index contributed by atoms with van der Waals surface area (Å²) in [7, 11) is 0. The maximum absolute atomic E-state index is 10.8. The molecule has 0 unspecified atom stereocenters. The lowest BCUT2D eigenvalue weighted by atomic mass is 10.3. The standard InChI is InChI=1S/C14H11N3O/c18-10-9-17-13-7-2-1-5-11(13)16-14(17)12-6-3-4-8-15-12/h1-8,10H,9H2. The Balaban J connectivity index is 2.28. The van der Waals surface area contributed by atoms with E-state index in [9.17, 15) is 4.79 Å². The van der Waals surface area contributed by atoms with Crippen LogP contribution in [-0.2, 0) is 11.3 Å². The molecule has 0 aliphatic heterocycles. The summed E-state index contributed by atoms with van der Waals surface area (Å²) in [4.78, 5) is 19.7. The van der Waals surface area contributed by atoms with Crippen LogP contribution in [0.2, 0.25) is 0 Å². The molecule has 88 valence electrons. The van der Waals surface area contributed by atoms with Gasteiger partial charge in [0.1, 0.15) is 12.0 Å².